The molecular weight excluding hydrogens is 384 g/mol. The zero-order valence-electron chi connectivity index (χ0n) is 16.1. The van der Waals surface area contributed by atoms with Crippen LogP contribution in [0.4, 0.5) is 17.6 Å². The van der Waals surface area contributed by atoms with Gasteiger partial charge in [0.1, 0.15) is 5.76 Å². The molecule has 0 aromatic heterocycles. The topological polar surface area (TPSA) is 29.5 Å². The van der Waals surface area contributed by atoms with Crippen LogP contribution in [0.2, 0.25) is 0 Å². The van der Waals surface area contributed by atoms with Gasteiger partial charge < -0.3 is 9.84 Å². The van der Waals surface area contributed by atoms with Gasteiger partial charge in [0.2, 0.25) is 11.6 Å². The second kappa shape index (κ2) is 12.0. The number of methoxy groups -OCH3 is 1. The highest BCUT2D eigenvalue weighted by atomic mass is 19.2. The smallest absolute Gasteiger partial charge is 0.200 e. The number of halogens is 4. The first-order valence-electron chi connectivity index (χ1n) is 7.99. The van der Waals surface area contributed by atoms with Gasteiger partial charge in [0.05, 0.1) is 7.11 Å². The van der Waals surface area contributed by atoms with Gasteiger partial charge in [0.15, 0.2) is 17.4 Å². The third-order valence-corrected chi connectivity index (χ3v) is 3.40. The molecule has 154 valence electrons. The van der Waals surface area contributed by atoms with Crippen LogP contribution in [0.5, 0.6) is 5.75 Å². The Morgan fingerprint density at radius 2 is 1.52 bits per heavy atom. The molecule has 0 aliphatic rings. The summed E-state index contributed by atoms with van der Waals surface area (Å²) in [6, 6.07) is 2.20. The van der Waals surface area contributed by atoms with Gasteiger partial charge in [-0.05, 0) is 23.3 Å². The quantitative estimate of drug-likeness (QED) is 0.218. The Bertz CT molecular complexity index is 906. The number of allylic oxidation sites excluding steroid dienone is 8. The molecule has 1 N–H and O–H groups in total. The van der Waals surface area contributed by atoms with Gasteiger partial charge in [-0.2, -0.15) is 8.78 Å². The monoisotopic (exact) mass is 406 g/mol. The maximum absolute atomic E-state index is 13.9. The lowest BCUT2D eigenvalue weighted by atomic mass is 10.1. The van der Waals surface area contributed by atoms with Gasteiger partial charge >= 0.3 is 0 Å². The van der Waals surface area contributed by atoms with Crippen LogP contribution in [0.25, 0.3) is 6.08 Å². The Hall–Kier alpha value is -3.54. The van der Waals surface area contributed by atoms with E-state index in [2.05, 4.69) is 44.2 Å². The molecule has 0 aliphatic carbocycles. The highest BCUT2D eigenvalue weighted by molar-refractivity contribution is 5.57. The van der Waals surface area contributed by atoms with Crippen molar-refractivity contribution in [3.63, 3.8) is 0 Å². The first kappa shape index (κ1) is 25.5. The predicted octanol–water partition coefficient (Wildman–Crippen LogP) is 7.02. The number of aromatic hydroxyl groups is 1. The van der Waals surface area contributed by atoms with E-state index < -0.39 is 34.8 Å². The van der Waals surface area contributed by atoms with E-state index in [-0.39, 0.29) is 16.7 Å². The Labute approximate surface area is 168 Å². The van der Waals surface area contributed by atoms with Crippen LogP contribution in [0.3, 0.4) is 0 Å². The van der Waals surface area contributed by atoms with Crippen LogP contribution in [0, 0.1) is 11.6 Å². The average Bonchev–Trinajstić information content (AvgIpc) is 2.74. The van der Waals surface area contributed by atoms with E-state index in [1.54, 1.807) is 0 Å². The van der Waals surface area contributed by atoms with Crippen molar-refractivity contribution >= 4 is 6.08 Å². The number of ether oxygens (including phenoxy) is 1. The van der Waals surface area contributed by atoms with Crippen LogP contribution in [-0.2, 0) is 4.74 Å². The number of phenols is 1. The third kappa shape index (κ3) is 7.18. The first-order chi connectivity index (χ1) is 13.6. The molecule has 0 heterocycles. The minimum absolute atomic E-state index is 0.0583. The molecule has 0 fully saturated rings. The Kier molecular flexibility index (Phi) is 10.6. The van der Waals surface area contributed by atoms with E-state index in [0.29, 0.717) is 5.57 Å². The zero-order valence-corrected chi connectivity index (χ0v) is 16.1. The van der Waals surface area contributed by atoms with E-state index in [4.69, 9.17) is 5.11 Å². The predicted molar refractivity (Wildman–Crippen MR) is 110 cm³/mol. The van der Waals surface area contributed by atoms with Gasteiger partial charge in [0.25, 0.3) is 0 Å². The maximum atomic E-state index is 13.9. The van der Waals surface area contributed by atoms with Crippen LogP contribution >= 0.6 is 0 Å². The van der Waals surface area contributed by atoms with Crippen molar-refractivity contribution in [3.8, 4) is 5.75 Å². The maximum Gasteiger partial charge on any atom is 0.200 e. The number of phenolic OH excluding ortho intramolecular Hbond substituents is 1. The fraction of sp³-hybridized carbons (Fsp3) is 0.0435. The minimum Gasteiger partial charge on any atom is -0.505 e. The molecule has 0 saturated heterocycles. The number of hydrogen-bond donors (Lipinski definition) is 1. The molecule has 0 bridgehead atoms. The highest BCUT2D eigenvalue weighted by Crippen LogP contribution is 2.27. The van der Waals surface area contributed by atoms with Gasteiger partial charge in [-0.15, -0.1) is 13.2 Å². The van der Waals surface area contributed by atoms with Crippen molar-refractivity contribution in [1.29, 1.82) is 0 Å². The molecule has 1 rings (SSSR count). The van der Waals surface area contributed by atoms with E-state index in [1.807, 2.05) is 0 Å². The molecule has 6 heteroatoms. The van der Waals surface area contributed by atoms with Gasteiger partial charge in [-0.3, -0.25) is 0 Å². The fourth-order valence-electron chi connectivity index (χ4n) is 1.73. The summed E-state index contributed by atoms with van der Waals surface area (Å²) in [5, 5.41) is 9.07. The minimum atomic E-state index is -1.36. The van der Waals surface area contributed by atoms with Crippen molar-refractivity contribution in [3.05, 3.63) is 121 Å². The first-order valence-corrected chi connectivity index (χ1v) is 7.99. The van der Waals surface area contributed by atoms with Crippen LogP contribution in [-0.4, -0.2) is 12.2 Å². The summed E-state index contributed by atoms with van der Waals surface area (Å²) in [5.41, 5.74) is -0.0199. The van der Waals surface area contributed by atoms with Crippen LogP contribution < -0.4 is 0 Å². The lowest BCUT2D eigenvalue weighted by molar-refractivity contribution is 0.281. The Morgan fingerprint density at radius 3 is 2.07 bits per heavy atom. The van der Waals surface area contributed by atoms with E-state index in [9.17, 15) is 17.6 Å². The number of rotatable bonds is 8. The molecule has 2 nitrogen and oxygen atoms in total. The van der Waals surface area contributed by atoms with Crippen molar-refractivity contribution < 1.29 is 27.4 Å². The van der Waals surface area contributed by atoms with Crippen molar-refractivity contribution in [2.45, 2.75) is 0 Å². The molecule has 1 aromatic carbocycles. The normalized spacial score (nSPS) is 11.5. The van der Waals surface area contributed by atoms with Crippen LogP contribution in [0.1, 0.15) is 5.56 Å². The average molecular weight is 406 g/mol. The zero-order chi connectivity index (χ0) is 22.7. The lowest BCUT2D eigenvalue weighted by Crippen LogP contribution is -1.93. The summed E-state index contributed by atoms with van der Waals surface area (Å²) in [6.45, 7) is 19.8. The van der Waals surface area contributed by atoms with Crippen LogP contribution in [0.15, 0.2) is 104 Å². The molecule has 0 spiro atoms. The van der Waals surface area contributed by atoms with Gasteiger partial charge in [-0.1, -0.05) is 50.6 Å². The van der Waals surface area contributed by atoms with Gasteiger partial charge in [-0.25, -0.2) is 8.78 Å². The molecule has 29 heavy (non-hydrogen) atoms. The van der Waals surface area contributed by atoms with Crippen molar-refractivity contribution in [1.82, 2.24) is 0 Å². The molecule has 0 saturated carbocycles. The largest absolute Gasteiger partial charge is 0.505 e. The standard InChI is InChI=1S/C21H18F4O2.C2H4/c1-12(7-9-16-10-11-17(26)21(25)20(16)24)6-8-13(2)14(3)18(22)19(23)15(4)27-5;1-2/h6-11,26H,1-4H2,5H3;1-2H2/b8-6-,9-7+,19-18-;. The van der Waals surface area contributed by atoms with E-state index in [1.165, 1.54) is 30.4 Å². The molecule has 0 unspecified atom stereocenters. The molecule has 0 amide bonds. The summed E-state index contributed by atoms with van der Waals surface area (Å²) in [4.78, 5) is 0. The number of benzene rings is 1. The summed E-state index contributed by atoms with van der Waals surface area (Å²) in [5.74, 6) is -6.40. The molecule has 1 aromatic rings. The Morgan fingerprint density at radius 1 is 0.931 bits per heavy atom. The SMILES string of the molecule is C=C.C=C(/C=C\C(=C)C(=C)/C(F)=C(/F)C(=C)OC)/C=C/c1ccc(O)c(F)c1F. The second-order valence-electron chi connectivity index (χ2n) is 5.30. The number of hydrogen-bond acceptors (Lipinski definition) is 2. The van der Waals surface area contributed by atoms with Gasteiger partial charge in [0, 0.05) is 11.1 Å². The van der Waals surface area contributed by atoms with E-state index in [0.717, 1.165) is 13.2 Å². The molecular formula is C23H22F4O2. The Balaban J connectivity index is 0.00000379. The van der Waals surface area contributed by atoms with E-state index >= 15 is 0 Å². The summed E-state index contributed by atoms with van der Waals surface area (Å²) in [7, 11) is 1.14. The molecule has 0 atom stereocenters. The summed E-state index contributed by atoms with van der Waals surface area (Å²) in [6.07, 6.45) is 5.33. The molecule has 0 aliphatic heterocycles. The summed E-state index contributed by atoms with van der Waals surface area (Å²) >= 11 is 0. The highest BCUT2D eigenvalue weighted by Gasteiger charge is 2.15. The third-order valence-electron chi connectivity index (χ3n) is 3.40. The fourth-order valence-corrected chi connectivity index (χ4v) is 1.73. The lowest BCUT2D eigenvalue weighted by Gasteiger charge is -2.06. The second-order valence-corrected chi connectivity index (χ2v) is 5.30. The summed E-state index contributed by atoms with van der Waals surface area (Å²) < 4.78 is 59.0. The molecule has 0 radical (unpaired) electrons. The van der Waals surface area contributed by atoms with Crippen molar-refractivity contribution in [2.75, 3.05) is 7.11 Å². The van der Waals surface area contributed by atoms with Crippen molar-refractivity contribution in [2.24, 2.45) is 0 Å².